The molecule has 0 saturated heterocycles. The number of esters is 1. The summed E-state index contributed by atoms with van der Waals surface area (Å²) in [5.74, 6) is -0.694. The van der Waals surface area contributed by atoms with Crippen molar-refractivity contribution in [1.82, 2.24) is 0 Å². The monoisotopic (exact) mass is 287 g/mol. The fourth-order valence-electron chi connectivity index (χ4n) is 2.00. The zero-order chi connectivity index (χ0) is 15.2. The molecule has 0 saturated carbocycles. The topological polar surface area (TPSA) is 38.3 Å². The van der Waals surface area contributed by atoms with Crippen LogP contribution in [-0.4, -0.2) is 12.6 Å². The first-order valence-corrected chi connectivity index (χ1v) is 6.86. The fraction of sp³-hybridized carbons (Fsp3) is 0.235. The third kappa shape index (κ3) is 3.81. The van der Waals surface area contributed by atoms with E-state index in [0.29, 0.717) is 17.9 Å². The van der Waals surface area contributed by atoms with Crippen molar-refractivity contribution >= 4 is 11.7 Å². The summed E-state index contributed by atoms with van der Waals surface area (Å²) in [5.41, 5.74) is 1.88. The molecule has 1 atom stereocenters. The van der Waals surface area contributed by atoms with Crippen LogP contribution in [0.2, 0.25) is 0 Å². The van der Waals surface area contributed by atoms with E-state index in [9.17, 15) is 9.18 Å². The Bertz CT molecular complexity index is 613. The molecule has 2 aromatic rings. The normalized spacial score (nSPS) is 11.8. The van der Waals surface area contributed by atoms with Gasteiger partial charge in [-0.25, -0.2) is 9.18 Å². The molecular weight excluding hydrogens is 269 g/mol. The molecule has 1 N–H and O–H groups in total. The number of halogens is 1. The predicted molar refractivity (Wildman–Crippen MR) is 80.6 cm³/mol. The number of ether oxygens (including phenoxy) is 1. The molecule has 0 amide bonds. The lowest BCUT2D eigenvalue weighted by molar-refractivity contribution is -0.144. The summed E-state index contributed by atoms with van der Waals surface area (Å²) in [7, 11) is 0. The average Bonchev–Trinajstić information content (AvgIpc) is 2.49. The number of nitrogens with one attached hydrogen (secondary N) is 1. The van der Waals surface area contributed by atoms with Gasteiger partial charge in [-0.05, 0) is 37.1 Å². The van der Waals surface area contributed by atoms with Gasteiger partial charge in [-0.15, -0.1) is 0 Å². The third-order valence-electron chi connectivity index (χ3n) is 3.14. The highest BCUT2D eigenvalue weighted by atomic mass is 19.1. The van der Waals surface area contributed by atoms with E-state index in [2.05, 4.69) is 5.32 Å². The minimum atomic E-state index is -0.659. The van der Waals surface area contributed by atoms with E-state index in [0.717, 1.165) is 5.56 Å². The molecule has 2 aromatic carbocycles. The minimum Gasteiger partial charge on any atom is -0.464 e. The first-order chi connectivity index (χ1) is 10.1. The smallest absolute Gasteiger partial charge is 0.333 e. The Morgan fingerprint density at radius 1 is 1.24 bits per heavy atom. The van der Waals surface area contributed by atoms with E-state index >= 15 is 0 Å². The maximum absolute atomic E-state index is 13.6. The first-order valence-electron chi connectivity index (χ1n) is 6.86. The molecular formula is C17H18FNO2. The average molecular weight is 287 g/mol. The standard InChI is InChI=1S/C17H18FNO2/c1-3-21-17(20)16(13-7-5-4-6-8-13)19-14-10-9-12(2)15(18)11-14/h4-11,16,19H,3H2,1-2H3. The number of anilines is 1. The van der Waals surface area contributed by atoms with Crippen molar-refractivity contribution in [2.45, 2.75) is 19.9 Å². The molecule has 0 spiro atoms. The second kappa shape index (κ2) is 6.88. The fourth-order valence-corrected chi connectivity index (χ4v) is 2.00. The molecule has 0 aromatic heterocycles. The van der Waals surface area contributed by atoms with E-state index in [4.69, 9.17) is 4.74 Å². The summed E-state index contributed by atoms with van der Waals surface area (Å²) in [5, 5.41) is 3.03. The number of benzene rings is 2. The van der Waals surface area contributed by atoms with Crippen molar-refractivity contribution in [2.24, 2.45) is 0 Å². The number of hydrogen-bond donors (Lipinski definition) is 1. The molecule has 110 valence electrons. The lowest BCUT2D eigenvalue weighted by Gasteiger charge is -2.19. The Morgan fingerprint density at radius 2 is 1.95 bits per heavy atom. The summed E-state index contributed by atoms with van der Waals surface area (Å²) in [4.78, 5) is 12.1. The van der Waals surface area contributed by atoms with Gasteiger partial charge in [-0.3, -0.25) is 0 Å². The predicted octanol–water partition coefficient (Wildman–Crippen LogP) is 3.85. The van der Waals surface area contributed by atoms with Crippen LogP contribution in [0.4, 0.5) is 10.1 Å². The van der Waals surface area contributed by atoms with Crippen LogP contribution in [0.25, 0.3) is 0 Å². The minimum absolute atomic E-state index is 0.298. The molecule has 0 aliphatic carbocycles. The number of carbonyl (C=O) groups excluding carboxylic acids is 1. The Kier molecular flexibility index (Phi) is 4.93. The maximum Gasteiger partial charge on any atom is 0.333 e. The number of carbonyl (C=O) groups is 1. The van der Waals surface area contributed by atoms with Crippen LogP contribution >= 0.6 is 0 Å². The highest BCUT2D eigenvalue weighted by Gasteiger charge is 2.21. The van der Waals surface area contributed by atoms with Crippen LogP contribution < -0.4 is 5.32 Å². The second-order valence-electron chi connectivity index (χ2n) is 4.70. The second-order valence-corrected chi connectivity index (χ2v) is 4.70. The van der Waals surface area contributed by atoms with Gasteiger partial charge in [0.2, 0.25) is 0 Å². The van der Waals surface area contributed by atoms with Gasteiger partial charge >= 0.3 is 5.97 Å². The van der Waals surface area contributed by atoms with Gasteiger partial charge in [0.25, 0.3) is 0 Å². The number of aryl methyl sites for hydroxylation is 1. The summed E-state index contributed by atoms with van der Waals surface area (Å²) in [6, 6.07) is 13.4. The van der Waals surface area contributed by atoms with Crippen LogP contribution in [0.5, 0.6) is 0 Å². The summed E-state index contributed by atoms with van der Waals surface area (Å²) in [6.07, 6.45) is 0. The van der Waals surface area contributed by atoms with Gasteiger partial charge in [0.05, 0.1) is 6.61 Å². The van der Waals surface area contributed by atoms with Crippen molar-refractivity contribution in [3.8, 4) is 0 Å². The van der Waals surface area contributed by atoms with Crippen molar-refractivity contribution < 1.29 is 13.9 Å². The molecule has 3 nitrogen and oxygen atoms in total. The Balaban J connectivity index is 2.27. The lowest BCUT2D eigenvalue weighted by Crippen LogP contribution is -2.23. The highest BCUT2D eigenvalue weighted by Crippen LogP contribution is 2.22. The van der Waals surface area contributed by atoms with Crippen molar-refractivity contribution in [1.29, 1.82) is 0 Å². The molecule has 2 rings (SSSR count). The molecule has 4 heteroatoms. The molecule has 0 radical (unpaired) electrons. The van der Waals surface area contributed by atoms with Crippen LogP contribution in [0.1, 0.15) is 24.1 Å². The Hall–Kier alpha value is -2.36. The molecule has 0 aliphatic rings. The lowest BCUT2D eigenvalue weighted by atomic mass is 10.1. The van der Waals surface area contributed by atoms with Crippen molar-refractivity contribution in [2.75, 3.05) is 11.9 Å². The van der Waals surface area contributed by atoms with Gasteiger partial charge in [0.15, 0.2) is 6.04 Å². The van der Waals surface area contributed by atoms with E-state index in [-0.39, 0.29) is 11.8 Å². The summed E-state index contributed by atoms with van der Waals surface area (Å²) >= 11 is 0. The molecule has 1 unspecified atom stereocenters. The van der Waals surface area contributed by atoms with Crippen LogP contribution in [0, 0.1) is 12.7 Å². The van der Waals surface area contributed by atoms with Gasteiger partial charge < -0.3 is 10.1 Å². The van der Waals surface area contributed by atoms with Crippen LogP contribution in [-0.2, 0) is 9.53 Å². The molecule has 0 fully saturated rings. The van der Waals surface area contributed by atoms with Crippen LogP contribution in [0.3, 0.4) is 0 Å². The summed E-state index contributed by atoms with van der Waals surface area (Å²) in [6.45, 7) is 3.75. The van der Waals surface area contributed by atoms with Gasteiger partial charge in [0, 0.05) is 5.69 Å². The van der Waals surface area contributed by atoms with E-state index in [1.807, 2.05) is 30.3 Å². The molecule has 0 aliphatic heterocycles. The maximum atomic E-state index is 13.6. The van der Waals surface area contributed by atoms with Crippen molar-refractivity contribution in [3.63, 3.8) is 0 Å². The quantitative estimate of drug-likeness (QED) is 0.849. The first kappa shape index (κ1) is 15.0. The molecule has 0 heterocycles. The van der Waals surface area contributed by atoms with E-state index < -0.39 is 6.04 Å². The van der Waals surface area contributed by atoms with Gasteiger partial charge in [-0.2, -0.15) is 0 Å². The van der Waals surface area contributed by atoms with Gasteiger partial charge in [-0.1, -0.05) is 36.4 Å². The third-order valence-corrected chi connectivity index (χ3v) is 3.14. The number of rotatable bonds is 5. The highest BCUT2D eigenvalue weighted by molar-refractivity contribution is 5.81. The molecule has 21 heavy (non-hydrogen) atoms. The summed E-state index contributed by atoms with van der Waals surface area (Å²) < 4.78 is 18.7. The van der Waals surface area contributed by atoms with Crippen LogP contribution in [0.15, 0.2) is 48.5 Å². The molecule has 0 bridgehead atoms. The van der Waals surface area contributed by atoms with E-state index in [1.54, 1.807) is 26.0 Å². The van der Waals surface area contributed by atoms with E-state index in [1.165, 1.54) is 6.07 Å². The Morgan fingerprint density at radius 3 is 2.57 bits per heavy atom. The largest absolute Gasteiger partial charge is 0.464 e. The Labute approximate surface area is 123 Å². The zero-order valence-electron chi connectivity index (χ0n) is 12.1. The zero-order valence-corrected chi connectivity index (χ0v) is 12.1. The van der Waals surface area contributed by atoms with Crippen molar-refractivity contribution in [3.05, 3.63) is 65.5 Å². The van der Waals surface area contributed by atoms with Gasteiger partial charge in [0.1, 0.15) is 5.82 Å². The number of hydrogen-bond acceptors (Lipinski definition) is 3. The SMILES string of the molecule is CCOC(=O)C(Nc1ccc(C)c(F)c1)c1ccccc1.